The van der Waals surface area contributed by atoms with E-state index in [-0.39, 0.29) is 24.1 Å². The van der Waals surface area contributed by atoms with Gasteiger partial charge in [0.25, 0.3) is 0 Å². The topological polar surface area (TPSA) is 64.2 Å². The summed E-state index contributed by atoms with van der Waals surface area (Å²) in [4.78, 5) is 26.2. The quantitative estimate of drug-likeness (QED) is 0.607. The molecule has 2 aromatic carbocycles. The summed E-state index contributed by atoms with van der Waals surface area (Å²) < 4.78 is 3.57. The Labute approximate surface area is 174 Å². The predicted octanol–water partition coefficient (Wildman–Crippen LogP) is 4.82. The molecule has 3 aromatic rings. The Bertz CT molecular complexity index is 1110. The molecule has 0 fully saturated rings. The number of hydrogen-bond acceptors (Lipinski definition) is 3. The van der Waals surface area contributed by atoms with Crippen LogP contribution in [0.3, 0.4) is 0 Å². The summed E-state index contributed by atoms with van der Waals surface area (Å²) in [6, 6.07) is 13.8. The van der Waals surface area contributed by atoms with Crippen LogP contribution in [0.1, 0.15) is 49.3 Å². The Morgan fingerprint density at radius 2 is 1.97 bits per heavy atom. The lowest BCUT2D eigenvalue weighted by Gasteiger charge is -2.16. The number of nitrogens with zero attached hydrogens (tertiary/aromatic N) is 2. The third kappa shape index (κ3) is 3.62. The number of thioether (sulfide) groups is 1. The summed E-state index contributed by atoms with van der Waals surface area (Å²) in [6.07, 6.45) is 1.46. The van der Waals surface area contributed by atoms with Crippen LogP contribution in [0.25, 0.3) is 11.0 Å². The fraction of sp³-hybridized carbons (Fsp3) is 0.391. The average Bonchev–Trinajstić information content (AvgIpc) is 3.22. The van der Waals surface area contributed by atoms with Crippen molar-refractivity contribution in [1.29, 1.82) is 0 Å². The van der Waals surface area contributed by atoms with Crippen molar-refractivity contribution in [1.82, 2.24) is 9.13 Å². The lowest BCUT2D eigenvalue weighted by Crippen LogP contribution is -2.30. The van der Waals surface area contributed by atoms with Gasteiger partial charge in [0, 0.05) is 29.2 Å². The number of para-hydroxylation sites is 2. The highest BCUT2D eigenvalue weighted by atomic mass is 32.2. The molecule has 0 amide bonds. The van der Waals surface area contributed by atoms with Gasteiger partial charge in [-0.25, -0.2) is 4.79 Å². The molecule has 0 saturated carbocycles. The fourth-order valence-corrected chi connectivity index (χ4v) is 5.87. The van der Waals surface area contributed by atoms with Crippen molar-refractivity contribution in [3.05, 3.63) is 64.1 Å². The lowest BCUT2D eigenvalue weighted by molar-refractivity contribution is -0.137. The van der Waals surface area contributed by atoms with Gasteiger partial charge in [0.15, 0.2) is 0 Å². The van der Waals surface area contributed by atoms with E-state index in [0.717, 1.165) is 23.2 Å². The molecule has 5 nitrogen and oxygen atoms in total. The lowest BCUT2D eigenvalue weighted by atomic mass is 9.96. The first-order valence-electron chi connectivity index (χ1n) is 10.1. The molecule has 0 spiro atoms. The van der Waals surface area contributed by atoms with Crippen LogP contribution in [-0.2, 0) is 11.3 Å². The molecule has 0 saturated heterocycles. The summed E-state index contributed by atoms with van der Waals surface area (Å²) in [5, 5.41) is 9.39. The predicted molar refractivity (Wildman–Crippen MR) is 117 cm³/mol. The second-order valence-electron chi connectivity index (χ2n) is 7.79. The van der Waals surface area contributed by atoms with Gasteiger partial charge in [-0.1, -0.05) is 37.6 Å². The van der Waals surface area contributed by atoms with E-state index < -0.39 is 5.97 Å². The maximum atomic E-state index is 13.5. The molecule has 0 bridgehead atoms. The number of hydrogen-bond donors (Lipinski definition) is 1. The fourth-order valence-electron chi connectivity index (χ4n) is 4.56. The molecule has 1 aliphatic rings. The van der Waals surface area contributed by atoms with Crippen molar-refractivity contribution >= 4 is 28.8 Å². The minimum Gasteiger partial charge on any atom is -0.481 e. The van der Waals surface area contributed by atoms with Gasteiger partial charge in [-0.05, 0) is 42.7 Å². The van der Waals surface area contributed by atoms with E-state index in [1.54, 1.807) is 4.57 Å². The highest BCUT2D eigenvalue weighted by Gasteiger charge is 2.28. The Hall–Kier alpha value is -2.47. The Balaban J connectivity index is 1.80. The van der Waals surface area contributed by atoms with Crippen molar-refractivity contribution in [2.45, 2.75) is 56.5 Å². The zero-order chi connectivity index (χ0) is 20.5. The van der Waals surface area contributed by atoms with Crippen LogP contribution >= 0.6 is 11.8 Å². The summed E-state index contributed by atoms with van der Waals surface area (Å²) in [5.41, 5.74) is 4.22. The van der Waals surface area contributed by atoms with Gasteiger partial charge in [-0.3, -0.25) is 13.9 Å². The van der Waals surface area contributed by atoms with E-state index in [9.17, 15) is 14.7 Å². The number of fused-ring (bicyclic) bond motifs is 2. The van der Waals surface area contributed by atoms with Gasteiger partial charge in [-0.2, -0.15) is 0 Å². The van der Waals surface area contributed by atoms with E-state index in [2.05, 4.69) is 25.1 Å². The number of imidazole rings is 1. The molecule has 1 N–H and O–H groups in total. The number of aliphatic carboxylic acids is 1. The largest absolute Gasteiger partial charge is 0.481 e. The second-order valence-corrected chi connectivity index (χ2v) is 8.85. The molecule has 1 aliphatic heterocycles. The first-order valence-corrected chi connectivity index (χ1v) is 11.1. The highest BCUT2D eigenvalue weighted by molar-refractivity contribution is 7.99. The zero-order valence-electron chi connectivity index (χ0n) is 16.8. The third-order valence-electron chi connectivity index (χ3n) is 5.80. The number of aromatic nitrogens is 2. The molecule has 152 valence electrons. The number of carboxylic acid groups (broad SMARTS) is 1. The maximum Gasteiger partial charge on any atom is 0.329 e. The standard InChI is InChI=1S/C23H26N2O3S/c1-3-7-17(12-21(26)27)25-19-10-5-4-9-18(19)24(23(25)28)13-16-14-29-20-11-6-8-15(2)22(16)20/h4-6,8-11,16-17H,3,7,12-14H2,1-2H3,(H,26,27)/t16?,17-/m0/s1. The van der Waals surface area contributed by atoms with Gasteiger partial charge < -0.3 is 5.11 Å². The van der Waals surface area contributed by atoms with E-state index in [1.165, 1.54) is 16.0 Å². The van der Waals surface area contributed by atoms with Gasteiger partial charge >= 0.3 is 11.7 Å². The van der Waals surface area contributed by atoms with E-state index in [4.69, 9.17) is 0 Å². The molecule has 29 heavy (non-hydrogen) atoms. The molecule has 1 aromatic heterocycles. The van der Waals surface area contributed by atoms with Crippen LogP contribution in [0.4, 0.5) is 0 Å². The van der Waals surface area contributed by atoms with Crippen molar-refractivity contribution in [3.8, 4) is 0 Å². The van der Waals surface area contributed by atoms with Crippen molar-refractivity contribution < 1.29 is 9.90 Å². The summed E-state index contributed by atoms with van der Waals surface area (Å²) in [5.74, 6) is 0.362. The van der Waals surface area contributed by atoms with Gasteiger partial charge in [0.1, 0.15) is 0 Å². The number of carbonyl (C=O) groups is 1. The number of aryl methyl sites for hydroxylation is 1. The maximum absolute atomic E-state index is 13.5. The Morgan fingerprint density at radius 3 is 2.69 bits per heavy atom. The molecule has 1 unspecified atom stereocenters. The Kier molecular flexibility index (Phi) is 5.54. The SMILES string of the molecule is CCC[C@@H](CC(=O)O)n1c(=O)n(CC2CSc3cccc(C)c32)c2ccccc21. The molecule has 6 heteroatoms. The average molecular weight is 411 g/mol. The molecule has 0 radical (unpaired) electrons. The third-order valence-corrected chi connectivity index (χ3v) is 7.04. The van der Waals surface area contributed by atoms with Gasteiger partial charge in [0.2, 0.25) is 0 Å². The van der Waals surface area contributed by atoms with Crippen LogP contribution in [0.5, 0.6) is 0 Å². The number of benzene rings is 2. The smallest absolute Gasteiger partial charge is 0.329 e. The number of rotatable bonds is 7. The summed E-state index contributed by atoms with van der Waals surface area (Å²) >= 11 is 1.85. The monoisotopic (exact) mass is 410 g/mol. The minimum absolute atomic E-state index is 0.0387. The van der Waals surface area contributed by atoms with Crippen molar-refractivity contribution in [2.24, 2.45) is 0 Å². The van der Waals surface area contributed by atoms with Crippen molar-refractivity contribution in [3.63, 3.8) is 0 Å². The minimum atomic E-state index is -0.871. The first kappa shape index (κ1) is 19.8. The zero-order valence-corrected chi connectivity index (χ0v) is 17.6. The molecule has 0 aliphatic carbocycles. The van der Waals surface area contributed by atoms with Gasteiger partial charge in [0.05, 0.1) is 17.5 Å². The summed E-state index contributed by atoms with van der Waals surface area (Å²) in [6.45, 7) is 4.77. The van der Waals surface area contributed by atoms with E-state index in [1.807, 2.05) is 47.5 Å². The molecule has 2 atom stereocenters. The molecular weight excluding hydrogens is 384 g/mol. The van der Waals surface area contributed by atoms with E-state index >= 15 is 0 Å². The number of carboxylic acids is 1. The van der Waals surface area contributed by atoms with Crippen LogP contribution in [0.2, 0.25) is 0 Å². The van der Waals surface area contributed by atoms with Crippen LogP contribution in [0.15, 0.2) is 52.2 Å². The van der Waals surface area contributed by atoms with Crippen LogP contribution < -0.4 is 5.69 Å². The van der Waals surface area contributed by atoms with Crippen LogP contribution in [-0.4, -0.2) is 26.0 Å². The highest BCUT2D eigenvalue weighted by Crippen LogP contribution is 2.42. The van der Waals surface area contributed by atoms with Gasteiger partial charge in [-0.15, -0.1) is 11.8 Å². The normalized spacial score (nSPS) is 16.8. The first-order chi connectivity index (χ1) is 14.0. The summed E-state index contributed by atoms with van der Waals surface area (Å²) in [7, 11) is 0. The molecule has 4 rings (SSSR count). The molecule has 2 heterocycles. The second kappa shape index (κ2) is 8.11. The van der Waals surface area contributed by atoms with Crippen molar-refractivity contribution in [2.75, 3.05) is 5.75 Å². The van der Waals surface area contributed by atoms with E-state index in [0.29, 0.717) is 13.0 Å². The Morgan fingerprint density at radius 1 is 1.21 bits per heavy atom. The van der Waals surface area contributed by atoms with Crippen LogP contribution in [0, 0.1) is 6.92 Å². The molecular formula is C23H26N2O3S.